The van der Waals surface area contributed by atoms with E-state index in [0.717, 1.165) is 6.42 Å². The van der Waals surface area contributed by atoms with Crippen LogP contribution < -0.4 is 5.32 Å². The number of hydrogen-bond acceptors (Lipinski definition) is 3. The van der Waals surface area contributed by atoms with Crippen molar-refractivity contribution in [3.63, 3.8) is 0 Å². The zero-order chi connectivity index (χ0) is 12.5. The second-order valence-corrected chi connectivity index (χ2v) is 3.66. The summed E-state index contributed by atoms with van der Waals surface area (Å²) in [4.78, 5) is 22.1. The van der Waals surface area contributed by atoms with Crippen molar-refractivity contribution >= 4 is 11.9 Å². The molecule has 1 amide bonds. The molecule has 0 bridgehead atoms. The first-order valence-electron chi connectivity index (χ1n) is 5.60. The van der Waals surface area contributed by atoms with Crippen molar-refractivity contribution in [1.29, 1.82) is 0 Å². The number of carbonyl (C=O) groups excluding carboxylic acids is 2. The average molecular weight is 235 g/mol. The van der Waals surface area contributed by atoms with Crippen LogP contribution in [0, 0.1) is 0 Å². The molecule has 4 nitrogen and oxygen atoms in total. The molecule has 0 unspecified atom stereocenters. The zero-order valence-corrected chi connectivity index (χ0v) is 9.94. The van der Waals surface area contributed by atoms with E-state index in [1.807, 2.05) is 30.3 Å². The van der Waals surface area contributed by atoms with E-state index < -0.39 is 0 Å². The minimum atomic E-state index is -0.358. The molecule has 0 radical (unpaired) electrons. The third-order valence-corrected chi connectivity index (χ3v) is 2.36. The first-order chi connectivity index (χ1) is 8.22. The van der Waals surface area contributed by atoms with Crippen LogP contribution in [0.2, 0.25) is 0 Å². The first kappa shape index (κ1) is 13.2. The van der Waals surface area contributed by atoms with E-state index in [1.165, 1.54) is 12.7 Å². The summed E-state index contributed by atoms with van der Waals surface area (Å²) in [5.41, 5.74) is 1.18. The van der Waals surface area contributed by atoms with Gasteiger partial charge in [0, 0.05) is 13.0 Å². The van der Waals surface area contributed by atoms with Crippen molar-refractivity contribution in [1.82, 2.24) is 5.32 Å². The molecule has 0 atom stereocenters. The van der Waals surface area contributed by atoms with Gasteiger partial charge in [-0.05, 0) is 12.0 Å². The van der Waals surface area contributed by atoms with Crippen molar-refractivity contribution < 1.29 is 14.3 Å². The second-order valence-electron chi connectivity index (χ2n) is 3.66. The Labute approximate surface area is 101 Å². The standard InChI is InChI=1S/C13H17NO3/c1-17-13(16)8-7-12(15)14-10-9-11-5-3-2-4-6-11/h2-6H,7-10H2,1H3,(H,14,15). The minimum absolute atomic E-state index is 0.119. The number of benzene rings is 1. The Morgan fingerprint density at radius 2 is 1.88 bits per heavy atom. The maximum Gasteiger partial charge on any atom is 0.306 e. The molecule has 0 fully saturated rings. The lowest BCUT2D eigenvalue weighted by atomic mass is 10.1. The number of carbonyl (C=O) groups is 2. The number of esters is 1. The molecular weight excluding hydrogens is 218 g/mol. The molecule has 0 aliphatic heterocycles. The van der Waals surface area contributed by atoms with Crippen LogP contribution in [-0.4, -0.2) is 25.5 Å². The minimum Gasteiger partial charge on any atom is -0.469 e. The summed E-state index contributed by atoms with van der Waals surface area (Å²) in [6, 6.07) is 9.92. The van der Waals surface area contributed by atoms with Crippen LogP contribution in [0.1, 0.15) is 18.4 Å². The lowest BCUT2D eigenvalue weighted by Crippen LogP contribution is -2.26. The smallest absolute Gasteiger partial charge is 0.306 e. The number of nitrogens with one attached hydrogen (secondary N) is 1. The van der Waals surface area contributed by atoms with Crippen LogP contribution in [0.25, 0.3) is 0 Å². The Hall–Kier alpha value is -1.84. The molecule has 1 N–H and O–H groups in total. The molecule has 1 aromatic rings. The summed E-state index contributed by atoms with van der Waals surface area (Å²) >= 11 is 0. The van der Waals surface area contributed by atoms with E-state index in [9.17, 15) is 9.59 Å². The highest BCUT2D eigenvalue weighted by atomic mass is 16.5. The summed E-state index contributed by atoms with van der Waals surface area (Å²) in [6.45, 7) is 0.587. The molecule has 0 aliphatic rings. The summed E-state index contributed by atoms with van der Waals surface area (Å²) in [7, 11) is 1.32. The van der Waals surface area contributed by atoms with Gasteiger partial charge >= 0.3 is 5.97 Å². The average Bonchev–Trinajstić information content (AvgIpc) is 2.37. The van der Waals surface area contributed by atoms with Crippen molar-refractivity contribution in [3.05, 3.63) is 35.9 Å². The van der Waals surface area contributed by atoms with E-state index in [0.29, 0.717) is 6.54 Å². The third-order valence-electron chi connectivity index (χ3n) is 2.36. The van der Waals surface area contributed by atoms with Crippen LogP contribution in [0.4, 0.5) is 0 Å². The molecule has 0 saturated carbocycles. The van der Waals surface area contributed by atoms with Gasteiger partial charge in [0.05, 0.1) is 13.5 Å². The number of amides is 1. The van der Waals surface area contributed by atoms with E-state index in [-0.39, 0.29) is 24.7 Å². The normalized spacial score (nSPS) is 9.71. The van der Waals surface area contributed by atoms with E-state index in [1.54, 1.807) is 0 Å². The van der Waals surface area contributed by atoms with Crippen molar-refractivity contribution in [2.24, 2.45) is 0 Å². The molecule has 4 heteroatoms. The van der Waals surface area contributed by atoms with Crippen LogP contribution in [0.5, 0.6) is 0 Å². The molecule has 1 rings (SSSR count). The highest BCUT2D eigenvalue weighted by Crippen LogP contribution is 1.98. The number of rotatable bonds is 6. The van der Waals surface area contributed by atoms with E-state index in [4.69, 9.17) is 0 Å². The molecule has 0 aliphatic carbocycles. The van der Waals surface area contributed by atoms with Crippen LogP contribution in [0.15, 0.2) is 30.3 Å². The fourth-order valence-corrected chi connectivity index (χ4v) is 1.40. The Morgan fingerprint density at radius 3 is 2.53 bits per heavy atom. The number of ether oxygens (including phenoxy) is 1. The van der Waals surface area contributed by atoms with Gasteiger partial charge in [-0.15, -0.1) is 0 Å². The fraction of sp³-hybridized carbons (Fsp3) is 0.385. The lowest BCUT2D eigenvalue weighted by molar-refractivity contribution is -0.142. The summed E-state index contributed by atoms with van der Waals surface area (Å²) in [6.07, 6.45) is 1.11. The Kier molecular flexibility index (Phi) is 5.79. The monoisotopic (exact) mass is 235 g/mol. The highest BCUT2D eigenvalue weighted by Gasteiger charge is 2.05. The maximum atomic E-state index is 11.3. The van der Waals surface area contributed by atoms with E-state index in [2.05, 4.69) is 10.1 Å². The molecule has 0 spiro atoms. The zero-order valence-electron chi connectivity index (χ0n) is 9.94. The van der Waals surface area contributed by atoms with Crippen molar-refractivity contribution in [2.75, 3.05) is 13.7 Å². The van der Waals surface area contributed by atoms with Gasteiger partial charge in [0.2, 0.25) is 5.91 Å². The van der Waals surface area contributed by atoms with Gasteiger partial charge in [-0.2, -0.15) is 0 Å². The van der Waals surface area contributed by atoms with Gasteiger partial charge in [-0.3, -0.25) is 9.59 Å². The van der Waals surface area contributed by atoms with Gasteiger partial charge in [0.15, 0.2) is 0 Å². The number of methoxy groups -OCH3 is 1. The van der Waals surface area contributed by atoms with E-state index >= 15 is 0 Å². The summed E-state index contributed by atoms with van der Waals surface area (Å²) in [5, 5.41) is 2.76. The van der Waals surface area contributed by atoms with Gasteiger partial charge < -0.3 is 10.1 Å². The predicted molar refractivity (Wildman–Crippen MR) is 64.4 cm³/mol. The Balaban J connectivity index is 2.14. The maximum absolute atomic E-state index is 11.3. The predicted octanol–water partition coefficient (Wildman–Crippen LogP) is 1.30. The molecule has 92 valence electrons. The molecule has 17 heavy (non-hydrogen) atoms. The fourth-order valence-electron chi connectivity index (χ4n) is 1.40. The number of hydrogen-bond donors (Lipinski definition) is 1. The van der Waals surface area contributed by atoms with Gasteiger partial charge in [-0.25, -0.2) is 0 Å². The van der Waals surface area contributed by atoms with Gasteiger partial charge in [0.25, 0.3) is 0 Å². The first-order valence-corrected chi connectivity index (χ1v) is 5.60. The molecule has 0 heterocycles. The van der Waals surface area contributed by atoms with Crippen LogP contribution >= 0.6 is 0 Å². The summed E-state index contributed by atoms with van der Waals surface area (Å²) < 4.78 is 4.46. The largest absolute Gasteiger partial charge is 0.469 e. The Morgan fingerprint density at radius 1 is 1.18 bits per heavy atom. The highest BCUT2D eigenvalue weighted by molar-refractivity contribution is 5.81. The van der Waals surface area contributed by atoms with Crippen LogP contribution in [0.3, 0.4) is 0 Å². The second kappa shape index (κ2) is 7.44. The molecule has 1 aromatic carbocycles. The van der Waals surface area contributed by atoms with Crippen molar-refractivity contribution in [3.8, 4) is 0 Å². The third kappa shape index (κ3) is 5.70. The van der Waals surface area contributed by atoms with Gasteiger partial charge in [0.1, 0.15) is 0 Å². The lowest BCUT2D eigenvalue weighted by Gasteiger charge is -2.04. The van der Waals surface area contributed by atoms with Gasteiger partial charge in [-0.1, -0.05) is 30.3 Å². The molecule has 0 aromatic heterocycles. The van der Waals surface area contributed by atoms with Crippen molar-refractivity contribution in [2.45, 2.75) is 19.3 Å². The quantitative estimate of drug-likeness (QED) is 0.756. The molecule has 0 saturated heterocycles. The Bertz CT molecular complexity index is 362. The molecular formula is C13H17NO3. The SMILES string of the molecule is COC(=O)CCC(=O)NCCc1ccccc1. The van der Waals surface area contributed by atoms with Crippen LogP contribution in [-0.2, 0) is 20.7 Å². The summed E-state index contributed by atoms with van der Waals surface area (Å²) in [5.74, 6) is -0.477. The topological polar surface area (TPSA) is 55.4 Å².